The lowest BCUT2D eigenvalue weighted by Gasteiger charge is -2.16. The Morgan fingerprint density at radius 3 is 2.71 bits per heavy atom. The first-order valence-electron chi connectivity index (χ1n) is 8.32. The van der Waals surface area contributed by atoms with Crippen LogP contribution in [0.25, 0.3) is 0 Å². The molecule has 1 atom stereocenters. The zero-order valence-corrected chi connectivity index (χ0v) is 13.9. The molecular formula is C20H22N2O2. The van der Waals surface area contributed by atoms with Crippen molar-refractivity contribution >= 4 is 17.5 Å². The predicted molar refractivity (Wildman–Crippen MR) is 94.8 cm³/mol. The zero-order valence-electron chi connectivity index (χ0n) is 13.9. The molecule has 1 aliphatic rings. The molecule has 124 valence electrons. The highest BCUT2D eigenvalue weighted by Crippen LogP contribution is 2.24. The summed E-state index contributed by atoms with van der Waals surface area (Å²) in [5.41, 5.74) is 3.29. The van der Waals surface area contributed by atoms with E-state index in [1.807, 2.05) is 36.4 Å². The summed E-state index contributed by atoms with van der Waals surface area (Å²) in [5.74, 6) is -0.287. The number of para-hydroxylation sites is 1. The first-order chi connectivity index (χ1) is 11.6. The first-order valence-corrected chi connectivity index (χ1v) is 8.32. The molecule has 4 nitrogen and oxygen atoms in total. The highest BCUT2D eigenvalue weighted by molar-refractivity contribution is 6.00. The van der Waals surface area contributed by atoms with Crippen LogP contribution in [0.4, 0.5) is 5.69 Å². The largest absolute Gasteiger partial charge is 0.355 e. The van der Waals surface area contributed by atoms with E-state index in [9.17, 15) is 9.59 Å². The van der Waals surface area contributed by atoms with Crippen LogP contribution in [0.3, 0.4) is 0 Å². The van der Waals surface area contributed by atoms with Gasteiger partial charge in [0, 0.05) is 25.2 Å². The average Bonchev–Trinajstić information content (AvgIpc) is 2.98. The Morgan fingerprint density at radius 2 is 1.96 bits per heavy atom. The van der Waals surface area contributed by atoms with Gasteiger partial charge in [0.25, 0.3) is 0 Å². The fourth-order valence-corrected chi connectivity index (χ4v) is 3.08. The standard InChI is InChI=1S/C20H22N2O2/c1-15-6-5-7-16(12-15)10-11-21-20(24)17-13-19(23)22(14-17)18-8-3-2-4-9-18/h2-9,12,17H,10-11,13-14H2,1H3,(H,21,24). The van der Waals surface area contributed by atoms with Gasteiger partial charge in [0.05, 0.1) is 5.92 Å². The molecule has 0 spiro atoms. The van der Waals surface area contributed by atoms with Crippen molar-refractivity contribution < 1.29 is 9.59 Å². The van der Waals surface area contributed by atoms with E-state index in [1.165, 1.54) is 11.1 Å². The van der Waals surface area contributed by atoms with Crippen LogP contribution < -0.4 is 10.2 Å². The maximum atomic E-state index is 12.3. The van der Waals surface area contributed by atoms with Crippen molar-refractivity contribution in [3.05, 3.63) is 65.7 Å². The van der Waals surface area contributed by atoms with Crippen LogP contribution >= 0.6 is 0 Å². The average molecular weight is 322 g/mol. The fraction of sp³-hybridized carbons (Fsp3) is 0.300. The molecular weight excluding hydrogens is 300 g/mol. The number of amides is 2. The molecule has 1 fully saturated rings. The van der Waals surface area contributed by atoms with Crippen molar-refractivity contribution in [1.29, 1.82) is 0 Å². The summed E-state index contributed by atoms with van der Waals surface area (Å²) in [6, 6.07) is 17.8. The molecule has 0 aliphatic carbocycles. The van der Waals surface area contributed by atoms with Crippen LogP contribution in [0.15, 0.2) is 54.6 Å². The van der Waals surface area contributed by atoms with Gasteiger partial charge in [-0.1, -0.05) is 48.0 Å². The molecule has 1 unspecified atom stereocenters. The number of nitrogens with one attached hydrogen (secondary N) is 1. The summed E-state index contributed by atoms with van der Waals surface area (Å²) in [6.45, 7) is 3.11. The Morgan fingerprint density at radius 1 is 1.17 bits per heavy atom. The second-order valence-electron chi connectivity index (χ2n) is 6.27. The minimum Gasteiger partial charge on any atom is -0.355 e. The van der Waals surface area contributed by atoms with E-state index in [2.05, 4.69) is 30.4 Å². The van der Waals surface area contributed by atoms with Gasteiger partial charge >= 0.3 is 0 Å². The molecule has 1 N–H and O–H groups in total. The zero-order chi connectivity index (χ0) is 16.9. The predicted octanol–water partition coefficient (Wildman–Crippen LogP) is 2.71. The number of carbonyl (C=O) groups excluding carboxylic acids is 2. The minimum atomic E-state index is -0.268. The van der Waals surface area contributed by atoms with Crippen molar-refractivity contribution in [3.63, 3.8) is 0 Å². The fourth-order valence-electron chi connectivity index (χ4n) is 3.08. The van der Waals surface area contributed by atoms with Crippen molar-refractivity contribution in [2.45, 2.75) is 19.8 Å². The number of carbonyl (C=O) groups is 2. The third-order valence-corrected chi connectivity index (χ3v) is 4.36. The molecule has 0 bridgehead atoms. The van der Waals surface area contributed by atoms with E-state index in [-0.39, 0.29) is 24.2 Å². The van der Waals surface area contributed by atoms with Gasteiger partial charge in [0.1, 0.15) is 0 Å². The van der Waals surface area contributed by atoms with Crippen molar-refractivity contribution in [3.8, 4) is 0 Å². The summed E-state index contributed by atoms with van der Waals surface area (Å²) < 4.78 is 0. The van der Waals surface area contributed by atoms with E-state index in [0.717, 1.165) is 12.1 Å². The number of hydrogen-bond donors (Lipinski definition) is 1. The molecule has 1 saturated heterocycles. The topological polar surface area (TPSA) is 49.4 Å². The molecule has 2 aromatic rings. The second kappa shape index (κ2) is 7.30. The van der Waals surface area contributed by atoms with Gasteiger partial charge in [-0.2, -0.15) is 0 Å². The van der Waals surface area contributed by atoms with Crippen LogP contribution in [0, 0.1) is 12.8 Å². The normalized spacial score (nSPS) is 17.1. The van der Waals surface area contributed by atoms with E-state index in [4.69, 9.17) is 0 Å². The van der Waals surface area contributed by atoms with Gasteiger partial charge in [-0.3, -0.25) is 9.59 Å². The smallest absolute Gasteiger partial charge is 0.227 e. The quantitative estimate of drug-likeness (QED) is 0.920. The maximum absolute atomic E-state index is 12.3. The number of rotatable bonds is 5. The molecule has 0 saturated carbocycles. The van der Waals surface area contributed by atoms with Crippen molar-refractivity contribution in [2.75, 3.05) is 18.0 Å². The Kier molecular flexibility index (Phi) is 4.94. The molecule has 1 aliphatic heterocycles. The molecule has 0 aromatic heterocycles. The van der Waals surface area contributed by atoms with E-state index in [0.29, 0.717) is 13.1 Å². The highest BCUT2D eigenvalue weighted by atomic mass is 16.2. The van der Waals surface area contributed by atoms with Gasteiger partial charge in [0.2, 0.25) is 11.8 Å². The van der Waals surface area contributed by atoms with Crippen molar-refractivity contribution in [2.24, 2.45) is 5.92 Å². The van der Waals surface area contributed by atoms with Crippen LogP contribution in [-0.2, 0) is 16.0 Å². The van der Waals surface area contributed by atoms with E-state index >= 15 is 0 Å². The van der Waals surface area contributed by atoms with Crippen LogP contribution in [-0.4, -0.2) is 24.9 Å². The van der Waals surface area contributed by atoms with Gasteiger partial charge in [-0.05, 0) is 31.0 Å². The Hall–Kier alpha value is -2.62. The molecule has 3 rings (SSSR count). The molecule has 2 amide bonds. The second-order valence-corrected chi connectivity index (χ2v) is 6.27. The lowest BCUT2D eigenvalue weighted by atomic mass is 10.1. The lowest BCUT2D eigenvalue weighted by Crippen LogP contribution is -2.34. The van der Waals surface area contributed by atoms with E-state index in [1.54, 1.807) is 4.90 Å². The summed E-state index contributed by atoms with van der Waals surface area (Å²) in [6.07, 6.45) is 1.08. The van der Waals surface area contributed by atoms with Gasteiger partial charge in [-0.25, -0.2) is 0 Å². The first kappa shape index (κ1) is 16.2. The summed E-state index contributed by atoms with van der Waals surface area (Å²) >= 11 is 0. The SMILES string of the molecule is Cc1cccc(CCNC(=O)C2CC(=O)N(c3ccccc3)C2)c1. The molecule has 0 radical (unpaired) electrons. The van der Waals surface area contributed by atoms with Gasteiger partial charge in [0.15, 0.2) is 0 Å². The summed E-state index contributed by atoms with van der Waals surface area (Å²) in [7, 11) is 0. The lowest BCUT2D eigenvalue weighted by molar-refractivity contribution is -0.126. The number of nitrogens with zero attached hydrogens (tertiary/aromatic N) is 1. The van der Waals surface area contributed by atoms with Crippen LogP contribution in [0.1, 0.15) is 17.5 Å². The molecule has 2 aromatic carbocycles. The molecule has 4 heteroatoms. The number of anilines is 1. The monoisotopic (exact) mass is 322 g/mol. The van der Waals surface area contributed by atoms with Crippen LogP contribution in [0.2, 0.25) is 0 Å². The number of benzene rings is 2. The molecule has 1 heterocycles. The number of aryl methyl sites for hydroxylation is 1. The minimum absolute atomic E-state index is 0.0139. The summed E-state index contributed by atoms with van der Waals surface area (Å²) in [5, 5.41) is 2.97. The third-order valence-electron chi connectivity index (χ3n) is 4.36. The van der Waals surface area contributed by atoms with Crippen LogP contribution in [0.5, 0.6) is 0 Å². The Balaban J connectivity index is 1.52. The summed E-state index contributed by atoms with van der Waals surface area (Å²) in [4.78, 5) is 26.2. The van der Waals surface area contributed by atoms with Gasteiger partial charge < -0.3 is 10.2 Å². The van der Waals surface area contributed by atoms with Crippen molar-refractivity contribution in [1.82, 2.24) is 5.32 Å². The number of hydrogen-bond acceptors (Lipinski definition) is 2. The Bertz CT molecular complexity index is 727. The third kappa shape index (κ3) is 3.82. The molecule has 24 heavy (non-hydrogen) atoms. The maximum Gasteiger partial charge on any atom is 0.227 e. The Labute approximate surface area is 142 Å². The highest BCUT2D eigenvalue weighted by Gasteiger charge is 2.34. The van der Waals surface area contributed by atoms with Gasteiger partial charge in [-0.15, -0.1) is 0 Å². The van der Waals surface area contributed by atoms with E-state index < -0.39 is 0 Å².